The third-order valence-electron chi connectivity index (χ3n) is 4.98. The first-order chi connectivity index (χ1) is 16.0. The molecule has 2 aromatic heterocycles. The number of H-pyrrole nitrogens is 1. The van der Waals surface area contributed by atoms with Gasteiger partial charge in [0.25, 0.3) is 0 Å². The van der Waals surface area contributed by atoms with Crippen LogP contribution >= 0.6 is 0 Å². The van der Waals surface area contributed by atoms with Crippen molar-refractivity contribution in [3.05, 3.63) is 76.9 Å². The minimum absolute atomic E-state index is 0.0812. The highest BCUT2D eigenvalue weighted by molar-refractivity contribution is 5.99. The number of fused-ring (bicyclic) bond motifs is 1. The molecular weight excluding hydrogens is 427 g/mol. The molecule has 166 valence electrons. The molecule has 2 N–H and O–H groups in total. The summed E-state index contributed by atoms with van der Waals surface area (Å²) in [5.41, 5.74) is 2.74. The second-order valence-electron chi connectivity index (χ2n) is 7.22. The molecule has 0 amide bonds. The summed E-state index contributed by atoms with van der Waals surface area (Å²) in [6.45, 7) is 0.385. The topological polar surface area (TPSA) is 121 Å². The highest BCUT2D eigenvalue weighted by atomic mass is 19.1. The lowest BCUT2D eigenvalue weighted by Gasteiger charge is -2.09. The fourth-order valence-electron chi connectivity index (χ4n) is 3.34. The Labute approximate surface area is 188 Å². The number of methoxy groups -OCH3 is 1. The number of nitrogens with one attached hydrogen (secondary N) is 1. The van der Waals surface area contributed by atoms with Crippen molar-refractivity contribution in [1.82, 2.24) is 15.0 Å². The summed E-state index contributed by atoms with van der Waals surface area (Å²) in [6.07, 6.45) is 0.541. The van der Waals surface area contributed by atoms with E-state index in [1.807, 2.05) is 6.07 Å². The second-order valence-corrected chi connectivity index (χ2v) is 7.22. The van der Waals surface area contributed by atoms with E-state index in [2.05, 4.69) is 15.0 Å². The van der Waals surface area contributed by atoms with Gasteiger partial charge in [-0.1, -0.05) is 12.1 Å². The number of aromatic amines is 1. The van der Waals surface area contributed by atoms with E-state index in [1.165, 1.54) is 24.3 Å². The van der Waals surface area contributed by atoms with E-state index < -0.39 is 11.8 Å². The summed E-state index contributed by atoms with van der Waals surface area (Å²) >= 11 is 0. The molecule has 0 saturated carbocycles. The first kappa shape index (κ1) is 21.9. The second kappa shape index (κ2) is 9.46. The molecule has 9 heteroatoms. The van der Waals surface area contributed by atoms with Gasteiger partial charge >= 0.3 is 5.97 Å². The maximum Gasteiger partial charge on any atom is 0.335 e. The number of imidazole rings is 1. The molecule has 0 radical (unpaired) electrons. The van der Waals surface area contributed by atoms with Crippen LogP contribution in [0.1, 0.15) is 27.3 Å². The number of pyridine rings is 1. The lowest BCUT2D eigenvalue weighted by molar-refractivity contribution is 0.0697. The monoisotopic (exact) mass is 446 g/mol. The number of carboxylic acid groups (broad SMARTS) is 1. The summed E-state index contributed by atoms with van der Waals surface area (Å²) in [4.78, 5) is 23.9. The van der Waals surface area contributed by atoms with Crippen molar-refractivity contribution in [2.75, 3.05) is 13.7 Å². The molecule has 4 aromatic rings. The van der Waals surface area contributed by atoms with E-state index in [-0.39, 0.29) is 29.2 Å². The standard InChI is InChI=1S/C24H19FN4O4/c1-32-8-7-21-27-20-11-16(24(30)31)10-17(23(20)29-21)19-3-2-4-22(28-19)33-13-15-6-5-14(12-26)9-18(15)25/h2-6,9-11H,7-8,13H2,1H3,(H,27,29)(H,30,31). The third kappa shape index (κ3) is 4.81. The molecule has 4 rings (SSSR count). The minimum Gasteiger partial charge on any atom is -0.478 e. The van der Waals surface area contributed by atoms with Gasteiger partial charge in [0, 0.05) is 30.7 Å². The van der Waals surface area contributed by atoms with Crippen molar-refractivity contribution in [1.29, 1.82) is 5.26 Å². The van der Waals surface area contributed by atoms with Gasteiger partial charge in [0.15, 0.2) is 0 Å². The molecule has 0 bridgehead atoms. The van der Waals surface area contributed by atoms with Gasteiger partial charge in [-0.05, 0) is 30.3 Å². The molecule has 0 aliphatic rings. The minimum atomic E-state index is -1.07. The van der Waals surface area contributed by atoms with E-state index >= 15 is 0 Å². The molecule has 2 aromatic carbocycles. The van der Waals surface area contributed by atoms with Gasteiger partial charge in [-0.15, -0.1) is 0 Å². The molecule has 0 fully saturated rings. The number of carboxylic acids is 1. The number of nitriles is 1. The van der Waals surface area contributed by atoms with Gasteiger partial charge < -0.3 is 19.6 Å². The zero-order chi connectivity index (χ0) is 23.4. The number of hydrogen-bond donors (Lipinski definition) is 2. The number of benzene rings is 2. The van der Waals surface area contributed by atoms with Crippen LogP contribution in [0.2, 0.25) is 0 Å². The maximum absolute atomic E-state index is 14.1. The quantitative estimate of drug-likeness (QED) is 0.418. The van der Waals surface area contributed by atoms with Crippen LogP contribution in [0.4, 0.5) is 4.39 Å². The molecule has 0 aliphatic carbocycles. The summed E-state index contributed by atoms with van der Waals surface area (Å²) < 4.78 is 24.9. The molecule has 8 nitrogen and oxygen atoms in total. The van der Waals surface area contributed by atoms with Crippen molar-refractivity contribution in [2.45, 2.75) is 13.0 Å². The summed E-state index contributed by atoms with van der Waals surface area (Å²) in [7, 11) is 1.59. The van der Waals surface area contributed by atoms with Gasteiger partial charge in [0.05, 0.1) is 40.5 Å². The Balaban J connectivity index is 1.67. The van der Waals surface area contributed by atoms with Gasteiger partial charge in [-0.25, -0.2) is 19.2 Å². The Morgan fingerprint density at radius 3 is 2.79 bits per heavy atom. The predicted molar refractivity (Wildman–Crippen MR) is 117 cm³/mol. The number of hydrogen-bond acceptors (Lipinski definition) is 6. The van der Waals surface area contributed by atoms with Crippen LogP contribution in [-0.4, -0.2) is 39.7 Å². The fraction of sp³-hybridized carbons (Fsp3) is 0.167. The van der Waals surface area contributed by atoms with Crippen LogP contribution in [0.5, 0.6) is 5.88 Å². The third-order valence-corrected chi connectivity index (χ3v) is 4.98. The summed E-state index contributed by atoms with van der Waals surface area (Å²) in [5.74, 6) is -0.712. The number of halogens is 1. The largest absolute Gasteiger partial charge is 0.478 e. The Morgan fingerprint density at radius 2 is 2.06 bits per heavy atom. The van der Waals surface area contributed by atoms with Crippen LogP contribution < -0.4 is 4.74 Å². The predicted octanol–water partition coefficient (Wildman–Crippen LogP) is 4.10. The Kier molecular flexibility index (Phi) is 6.29. The van der Waals surface area contributed by atoms with Gasteiger partial charge in [0.1, 0.15) is 18.2 Å². The highest BCUT2D eigenvalue weighted by Crippen LogP contribution is 2.29. The molecule has 0 aliphatic heterocycles. The SMILES string of the molecule is COCCc1nc2c(-c3cccc(OCc4ccc(C#N)cc4F)n3)cc(C(=O)O)cc2[nH]1. The lowest BCUT2D eigenvalue weighted by Crippen LogP contribution is -2.01. The van der Waals surface area contributed by atoms with Crippen molar-refractivity contribution in [3.63, 3.8) is 0 Å². The maximum atomic E-state index is 14.1. The van der Waals surface area contributed by atoms with Crippen molar-refractivity contribution >= 4 is 17.0 Å². The lowest BCUT2D eigenvalue weighted by atomic mass is 10.1. The van der Waals surface area contributed by atoms with Crippen LogP contribution in [-0.2, 0) is 17.8 Å². The molecule has 0 atom stereocenters. The first-order valence-corrected chi connectivity index (χ1v) is 10.0. The number of carbonyl (C=O) groups is 1. The fourth-order valence-corrected chi connectivity index (χ4v) is 3.34. The van der Waals surface area contributed by atoms with Gasteiger partial charge in [-0.2, -0.15) is 5.26 Å². The molecule has 0 spiro atoms. The number of ether oxygens (including phenoxy) is 2. The smallest absolute Gasteiger partial charge is 0.335 e. The van der Waals surface area contributed by atoms with Crippen molar-refractivity contribution in [3.8, 4) is 23.2 Å². The van der Waals surface area contributed by atoms with Crippen LogP contribution in [0.15, 0.2) is 48.5 Å². The molecule has 33 heavy (non-hydrogen) atoms. The van der Waals surface area contributed by atoms with E-state index in [0.29, 0.717) is 41.1 Å². The molecule has 2 heterocycles. The Morgan fingerprint density at radius 1 is 1.21 bits per heavy atom. The number of nitrogens with zero attached hydrogens (tertiary/aromatic N) is 3. The summed E-state index contributed by atoms with van der Waals surface area (Å²) in [5, 5.41) is 18.4. The van der Waals surface area contributed by atoms with Gasteiger partial charge in [-0.3, -0.25) is 0 Å². The van der Waals surface area contributed by atoms with Crippen molar-refractivity contribution < 1.29 is 23.8 Å². The number of aromatic nitrogens is 3. The van der Waals surface area contributed by atoms with Crippen molar-refractivity contribution in [2.24, 2.45) is 0 Å². The number of aromatic carboxylic acids is 1. The zero-order valence-electron chi connectivity index (χ0n) is 17.6. The Hall–Kier alpha value is -4.29. The van der Waals surface area contributed by atoms with Crippen LogP contribution in [0, 0.1) is 17.1 Å². The van der Waals surface area contributed by atoms with Gasteiger partial charge in [0.2, 0.25) is 5.88 Å². The van der Waals surface area contributed by atoms with Crippen LogP contribution in [0.25, 0.3) is 22.3 Å². The average molecular weight is 446 g/mol. The van der Waals surface area contributed by atoms with Crippen LogP contribution in [0.3, 0.4) is 0 Å². The van der Waals surface area contributed by atoms with E-state index in [1.54, 1.807) is 25.3 Å². The first-order valence-electron chi connectivity index (χ1n) is 10.0. The van der Waals surface area contributed by atoms with E-state index in [9.17, 15) is 14.3 Å². The normalized spacial score (nSPS) is 10.8. The molecular formula is C24H19FN4O4. The van der Waals surface area contributed by atoms with E-state index in [0.717, 1.165) is 6.07 Å². The Bertz CT molecular complexity index is 1380. The molecule has 0 unspecified atom stereocenters. The molecule has 0 saturated heterocycles. The van der Waals surface area contributed by atoms with E-state index in [4.69, 9.17) is 14.7 Å². The number of rotatable bonds is 8. The zero-order valence-corrected chi connectivity index (χ0v) is 17.6. The highest BCUT2D eigenvalue weighted by Gasteiger charge is 2.16. The average Bonchev–Trinajstić information content (AvgIpc) is 3.24. The summed E-state index contributed by atoms with van der Waals surface area (Å²) in [6, 6.07) is 14.1.